The van der Waals surface area contributed by atoms with Crippen molar-refractivity contribution in [3.63, 3.8) is 0 Å². The molecule has 0 bridgehead atoms. The van der Waals surface area contributed by atoms with Gasteiger partial charge in [-0.2, -0.15) is 0 Å². The van der Waals surface area contributed by atoms with Crippen LogP contribution in [0, 0.1) is 0 Å². The van der Waals surface area contributed by atoms with Crippen molar-refractivity contribution >= 4 is 22.4 Å². The number of hydrogen-bond donors (Lipinski definition) is 0. The number of ether oxygens (including phenoxy) is 2. The standard InChI is InChI=1S/C22H21NO3/c1-2-13-25-22(24)17-7-10-18(11-8-17)23-14-20-19-6-4-3-5-16(19)9-12-21(20)26-15-23/h3-12H,2,13-15H2,1H3. The molecule has 0 spiro atoms. The van der Waals surface area contributed by atoms with E-state index in [1.54, 1.807) is 0 Å². The van der Waals surface area contributed by atoms with E-state index in [2.05, 4.69) is 29.2 Å². The Balaban J connectivity index is 1.57. The minimum Gasteiger partial charge on any atom is -0.473 e. The number of benzene rings is 3. The molecule has 0 aliphatic carbocycles. The Morgan fingerprint density at radius 1 is 1.08 bits per heavy atom. The number of hydrogen-bond acceptors (Lipinski definition) is 4. The molecule has 4 nitrogen and oxygen atoms in total. The van der Waals surface area contributed by atoms with E-state index in [4.69, 9.17) is 9.47 Å². The molecule has 0 saturated carbocycles. The molecule has 4 heteroatoms. The summed E-state index contributed by atoms with van der Waals surface area (Å²) in [5.41, 5.74) is 2.79. The monoisotopic (exact) mass is 347 g/mol. The van der Waals surface area contributed by atoms with Gasteiger partial charge in [-0.15, -0.1) is 0 Å². The summed E-state index contributed by atoms with van der Waals surface area (Å²) in [6.07, 6.45) is 0.822. The Labute approximate surface area is 153 Å². The Kier molecular flexibility index (Phi) is 4.48. The highest BCUT2D eigenvalue weighted by Crippen LogP contribution is 2.34. The molecule has 3 aromatic rings. The Bertz CT molecular complexity index is 934. The molecule has 0 atom stereocenters. The fourth-order valence-electron chi connectivity index (χ4n) is 3.25. The highest BCUT2D eigenvalue weighted by molar-refractivity contribution is 5.90. The maximum Gasteiger partial charge on any atom is 0.338 e. The fraction of sp³-hybridized carbons (Fsp3) is 0.227. The molecule has 0 fully saturated rings. The molecule has 0 radical (unpaired) electrons. The van der Waals surface area contributed by atoms with Crippen molar-refractivity contribution in [1.29, 1.82) is 0 Å². The van der Waals surface area contributed by atoms with Crippen LogP contribution >= 0.6 is 0 Å². The lowest BCUT2D eigenvalue weighted by atomic mass is 10.0. The Morgan fingerprint density at radius 3 is 2.69 bits per heavy atom. The molecule has 0 amide bonds. The molecule has 3 aromatic carbocycles. The predicted molar refractivity (Wildman–Crippen MR) is 103 cm³/mol. The van der Waals surface area contributed by atoms with Crippen LogP contribution in [0.5, 0.6) is 5.75 Å². The van der Waals surface area contributed by atoms with Crippen molar-refractivity contribution in [3.05, 3.63) is 71.8 Å². The highest BCUT2D eigenvalue weighted by Gasteiger charge is 2.20. The van der Waals surface area contributed by atoms with Crippen molar-refractivity contribution in [2.75, 3.05) is 18.2 Å². The van der Waals surface area contributed by atoms with Gasteiger partial charge < -0.3 is 14.4 Å². The highest BCUT2D eigenvalue weighted by atomic mass is 16.5. The van der Waals surface area contributed by atoms with Crippen LogP contribution in [-0.4, -0.2) is 19.3 Å². The first-order valence-corrected chi connectivity index (χ1v) is 8.92. The molecule has 1 aliphatic heterocycles. The van der Waals surface area contributed by atoms with Gasteiger partial charge in [-0.05, 0) is 47.5 Å². The Morgan fingerprint density at radius 2 is 1.88 bits per heavy atom. The van der Waals surface area contributed by atoms with Crippen LogP contribution in [0.15, 0.2) is 60.7 Å². The second-order valence-electron chi connectivity index (χ2n) is 6.42. The SMILES string of the molecule is CCCOC(=O)c1ccc(N2COc3ccc4ccccc4c3C2)cc1. The van der Waals surface area contributed by atoms with Gasteiger partial charge in [0, 0.05) is 11.3 Å². The lowest BCUT2D eigenvalue weighted by Gasteiger charge is -2.31. The van der Waals surface area contributed by atoms with Gasteiger partial charge >= 0.3 is 5.97 Å². The van der Waals surface area contributed by atoms with E-state index in [9.17, 15) is 4.79 Å². The third-order valence-corrected chi connectivity index (χ3v) is 4.63. The first-order valence-electron chi connectivity index (χ1n) is 8.92. The molecular formula is C22H21NO3. The van der Waals surface area contributed by atoms with Crippen LogP contribution in [0.4, 0.5) is 5.69 Å². The van der Waals surface area contributed by atoms with E-state index in [0.717, 1.165) is 24.4 Å². The van der Waals surface area contributed by atoms with E-state index in [-0.39, 0.29) is 5.97 Å². The number of anilines is 1. The summed E-state index contributed by atoms with van der Waals surface area (Å²) in [5.74, 6) is 0.671. The molecular weight excluding hydrogens is 326 g/mol. The number of carbonyl (C=O) groups is 1. The summed E-state index contributed by atoms with van der Waals surface area (Å²) in [5, 5.41) is 2.43. The smallest absolute Gasteiger partial charge is 0.338 e. The second kappa shape index (κ2) is 7.08. The fourth-order valence-corrected chi connectivity index (χ4v) is 3.25. The van der Waals surface area contributed by atoms with Crippen molar-refractivity contribution in [2.24, 2.45) is 0 Å². The van der Waals surface area contributed by atoms with Crippen LogP contribution in [-0.2, 0) is 11.3 Å². The van der Waals surface area contributed by atoms with Gasteiger partial charge in [0.15, 0.2) is 6.73 Å². The molecule has 0 N–H and O–H groups in total. The van der Waals surface area contributed by atoms with Gasteiger partial charge in [-0.25, -0.2) is 4.79 Å². The lowest BCUT2D eigenvalue weighted by molar-refractivity contribution is 0.0505. The molecule has 0 unspecified atom stereocenters. The van der Waals surface area contributed by atoms with Gasteiger partial charge in [0.2, 0.25) is 0 Å². The zero-order chi connectivity index (χ0) is 17.9. The zero-order valence-corrected chi connectivity index (χ0v) is 14.8. The zero-order valence-electron chi connectivity index (χ0n) is 14.8. The number of rotatable bonds is 4. The largest absolute Gasteiger partial charge is 0.473 e. The van der Waals surface area contributed by atoms with E-state index in [1.807, 2.05) is 43.3 Å². The minimum absolute atomic E-state index is 0.273. The molecule has 132 valence electrons. The van der Waals surface area contributed by atoms with Gasteiger partial charge in [0.25, 0.3) is 0 Å². The van der Waals surface area contributed by atoms with Crippen molar-refractivity contribution in [3.8, 4) is 5.75 Å². The van der Waals surface area contributed by atoms with Crippen LogP contribution in [0.25, 0.3) is 10.8 Å². The average molecular weight is 347 g/mol. The summed E-state index contributed by atoms with van der Waals surface area (Å²) in [6.45, 7) is 3.69. The van der Waals surface area contributed by atoms with Crippen molar-refractivity contribution in [2.45, 2.75) is 19.9 Å². The minimum atomic E-state index is -0.273. The van der Waals surface area contributed by atoms with E-state index < -0.39 is 0 Å². The van der Waals surface area contributed by atoms with Gasteiger partial charge in [-0.1, -0.05) is 37.3 Å². The third kappa shape index (κ3) is 3.10. The maximum absolute atomic E-state index is 11.9. The number of carbonyl (C=O) groups excluding carboxylic acids is 1. The van der Waals surface area contributed by atoms with Crippen LogP contribution in [0.2, 0.25) is 0 Å². The third-order valence-electron chi connectivity index (χ3n) is 4.63. The summed E-state index contributed by atoms with van der Waals surface area (Å²) >= 11 is 0. The van der Waals surface area contributed by atoms with E-state index >= 15 is 0 Å². The normalized spacial score (nSPS) is 13.2. The van der Waals surface area contributed by atoms with Crippen LogP contribution < -0.4 is 9.64 Å². The topological polar surface area (TPSA) is 38.8 Å². The summed E-state index contributed by atoms with van der Waals surface area (Å²) in [6, 6.07) is 20.0. The van der Waals surface area contributed by atoms with E-state index in [0.29, 0.717) is 18.9 Å². The van der Waals surface area contributed by atoms with Crippen LogP contribution in [0.3, 0.4) is 0 Å². The molecule has 1 aliphatic rings. The first-order chi connectivity index (χ1) is 12.8. The molecule has 4 rings (SSSR count). The van der Waals surface area contributed by atoms with Crippen molar-refractivity contribution < 1.29 is 14.3 Å². The van der Waals surface area contributed by atoms with Crippen LogP contribution in [0.1, 0.15) is 29.3 Å². The number of esters is 1. The van der Waals surface area contributed by atoms with Crippen molar-refractivity contribution in [1.82, 2.24) is 0 Å². The summed E-state index contributed by atoms with van der Waals surface area (Å²) < 4.78 is 11.1. The summed E-state index contributed by atoms with van der Waals surface area (Å²) in [4.78, 5) is 14.1. The molecule has 0 saturated heterocycles. The number of nitrogens with zero attached hydrogens (tertiary/aromatic N) is 1. The predicted octanol–water partition coefficient (Wildman–Crippen LogP) is 4.76. The second-order valence-corrected chi connectivity index (χ2v) is 6.42. The molecule has 0 aromatic heterocycles. The quantitative estimate of drug-likeness (QED) is 0.638. The average Bonchev–Trinajstić information content (AvgIpc) is 2.71. The molecule has 1 heterocycles. The van der Waals surface area contributed by atoms with E-state index in [1.165, 1.54) is 16.3 Å². The first kappa shape index (κ1) is 16.5. The molecule has 26 heavy (non-hydrogen) atoms. The van der Waals surface area contributed by atoms with Gasteiger partial charge in [0.05, 0.1) is 18.7 Å². The summed E-state index contributed by atoms with van der Waals surface area (Å²) in [7, 11) is 0. The lowest BCUT2D eigenvalue weighted by Crippen LogP contribution is -2.32. The maximum atomic E-state index is 11.9. The van der Waals surface area contributed by atoms with Gasteiger partial charge in [0.1, 0.15) is 5.75 Å². The van der Waals surface area contributed by atoms with Gasteiger partial charge in [-0.3, -0.25) is 0 Å². The Hall–Kier alpha value is -3.01. The number of fused-ring (bicyclic) bond motifs is 3.